The second-order valence-electron chi connectivity index (χ2n) is 4.60. The van der Waals surface area contributed by atoms with E-state index in [9.17, 15) is 9.59 Å². The fraction of sp³-hybridized carbons (Fsp3) is 0.800. The largest absolute Gasteiger partial charge is 0.444 e. The van der Waals surface area contributed by atoms with Gasteiger partial charge in [0.15, 0.2) is 0 Å². The number of alkyl carbamates (subject to hydrolysis) is 1. The van der Waals surface area contributed by atoms with Gasteiger partial charge in [0.25, 0.3) is 0 Å². The zero-order chi connectivity index (χ0) is 12.1. The number of carbonyl (C=O) groups is 2. The van der Waals surface area contributed by atoms with Gasteiger partial charge in [0.1, 0.15) is 17.4 Å². The van der Waals surface area contributed by atoms with Gasteiger partial charge in [-0.25, -0.2) is 4.79 Å². The Morgan fingerprint density at radius 2 is 1.87 bits per heavy atom. The highest BCUT2D eigenvalue weighted by atomic mass is 16.6. The van der Waals surface area contributed by atoms with Gasteiger partial charge >= 0.3 is 6.09 Å². The van der Waals surface area contributed by atoms with E-state index in [2.05, 4.69) is 5.32 Å². The van der Waals surface area contributed by atoms with E-state index in [0.717, 1.165) is 0 Å². The highest BCUT2D eigenvalue weighted by molar-refractivity contribution is 5.76. The lowest BCUT2D eigenvalue weighted by atomic mass is 10.1. The standard InChI is InChI=1S/C10H19NO4/c1-9(2,3)15-8(13)11-10(4,6-12)7-14-5/h6H,7H2,1-5H3,(H,11,13). The zero-order valence-electron chi connectivity index (χ0n) is 9.92. The second kappa shape index (κ2) is 5.11. The Bertz CT molecular complexity index is 234. The molecule has 1 N–H and O–H groups in total. The summed E-state index contributed by atoms with van der Waals surface area (Å²) in [5.74, 6) is 0. The van der Waals surface area contributed by atoms with Crippen molar-refractivity contribution in [1.82, 2.24) is 5.32 Å². The van der Waals surface area contributed by atoms with Crippen LogP contribution in [0.1, 0.15) is 27.7 Å². The van der Waals surface area contributed by atoms with E-state index in [4.69, 9.17) is 9.47 Å². The summed E-state index contributed by atoms with van der Waals surface area (Å²) in [6.45, 7) is 6.92. The summed E-state index contributed by atoms with van der Waals surface area (Å²) >= 11 is 0. The summed E-state index contributed by atoms with van der Waals surface area (Å²) in [6.07, 6.45) is -0.00500. The number of hydrogen-bond donors (Lipinski definition) is 1. The molecular weight excluding hydrogens is 198 g/mol. The average Bonchev–Trinajstić information content (AvgIpc) is 2.00. The minimum Gasteiger partial charge on any atom is -0.444 e. The number of carbonyl (C=O) groups excluding carboxylic acids is 2. The highest BCUT2D eigenvalue weighted by Gasteiger charge is 2.28. The Morgan fingerprint density at radius 3 is 2.20 bits per heavy atom. The fourth-order valence-electron chi connectivity index (χ4n) is 0.936. The number of hydrogen-bond acceptors (Lipinski definition) is 4. The summed E-state index contributed by atoms with van der Waals surface area (Å²) < 4.78 is 9.84. The minimum absolute atomic E-state index is 0.107. The third-order valence-electron chi connectivity index (χ3n) is 1.49. The number of amides is 1. The Hall–Kier alpha value is -1.10. The quantitative estimate of drug-likeness (QED) is 0.716. The van der Waals surface area contributed by atoms with Crippen LogP contribution in [0.4, 0.5) is 4.79 Å². The molecule has 0 rings (SSSR count). The molecule has 0 aliphatic carbocycles. The molecule has 1 atom stereocenters. The Balaban J connectivity index is 4.31. The second-order valence-corrected chi connectivity index (χ2v) is 4.60. The molecule has 1 amide bonds. The van der Waals surface area contributed by atoms with Crippen LogP contribution in [0.15, 0.2) is 0 Å². The summed E-state index contributed by atoms with van der Waals surface area (Å²) in [7, 11) is 1.46. The van der Waals surface area contributed by atoms with Crippen molar-refractivity contribution in [2.24, 2.45) is 0 Å². The molecule has 0 saturated heterocycles. The van der Waals surface area contributed by atoms with Crippen LogP contribution in [0, 0.1) is 0 Å². The monoisotopic (exact) mass is 217 g/mol. The van der Waals surface area contributed by atoms with E-state index in [1.54, 1.807) is 27.7 Å². The van der Waals surface area contributed by atoms with Crippen molar-refractivity contribution in [2.75, 3.05) is 13.7 Å². The molecular formula is C10H19NO4. The highest BCUT2D eigenvalue weighted by Crippen LogP contribution is 2.08. The molecule has 0 aromatic heterocycles. The first-order chi connectivity index (χ1) is 6.72. The first-order valence-electron chi connectivity index (χ1n) is 4.69. The van der Waals surface area contributed by atoms with Crippen molar-refractivity contribution < 1.29 is 19.1 Å². The predicted molar refractivity (Wildman–Crippen MR) is 55.7 cm³/mol. The molecule has 0 aliphatic heterocycles. The zero-order valence-corrected chi connectivity index (χ0v) is 9.92. The van der Waals surface area contributed by atoms with E-state index in [0.29, 0.717) is 6.29 Å². The smallest absolute Gasteiger partial charge is 0.408 e. The maximum Gasteiger partial charge on any atom is 0.408 e. The molecule has 1 unspecified atom stereocenters. The molecule has 0 bridgehead atoms. The van der Waals surface area contributed by atoms with Crippen LogP contribution in [0.3, 0.4) is 0 Å². The van der Waals surface area contributed by atoms with E-state index in [1.807, 2.05) is 0 Å². The molecule has 0 spiro atoms. The lowest BCUT2D eigenvalue weighted by Gasteiger charge is -2.26. The number of ether oxygens (including phenoxy) is 2. The van der Waals surface area contributed by atoms with E-state index < -0.39 is 17.2 Å². The number of rotatable bonds is 4. The molecule has 0 aromatic carbocycles. The Labute approximate surface area is 90.1 Å². The third kappa shape index (κ3) is 6.06. The van der Waals surface area contributed by atoms with Crippen LogP contribution in [-0.2, 0) is 14.3 Å². The molecule has 5 nitrogen and oxygen atoms in total. The van der Waals surface area contributed by atoms with E-state index in [-0.39, 0.29) is 6.61 Å². The van der Waals surface area contributed by atoms with Gasteiger partial charge in [-0.3, -0.25) is 0 Å². The van der Waals surface area contributed by atoms with Gasteiger partial charge in [-0.1, -0.05) is 0 Å². The minimum atomic E-state index is -1.04. The van der Waals surface area contributed by atoms with Crippen LogP contribution < -0.4 is 5.32 Å². The van der Waals surface area contributed by atoms with Crippen molar-refractivity contribution in [3.05, 3.63) is 0 Å². The fourth-order valence-corrected chi connectivity index (χ4v) is 0.936. The Kier molecular flexibility index (Phi) is 4.74. The van der Waals surface area contributed by atoms with Crippen LogP contribution in [0.5, 0.6) is 0 Å². The summed E-state index contributed by atoms with van der Waals surface area (Å²) in [4.78, 5) is 22.1. The summed E-state index contributed by atoms with van der Waals surface area (Å²) in [5.41, 5.74) is -1.63. The van der Waals surface area contributed by atoms with Gasteiger partial charge in [-0.05, 0) is 27.7 Å². The summed E-state index contributed by atoms with van der Waals surface area (Å²) in [6, 6.07) is 0. The topological polar surface area (TPSA) is 64.6 Å². The molecule has 0 radical (unpaired) electrons. The van der Waals surface area contributed by atoms with Gasteiger partial charge in [-0.15, -0.1) is 0 Å². The van der Waals surface area contributed by atoms with Gasteiger partial charge < -0.3 is 19.6 Å². The van der Waals surface area contributed by atoms with Gasteiger partial charge in [-0.2, -0.15) is 0 Å². The van der Waals surface area contributed by atoms with Crippen molar-refractivity contribution in [3.63, 3.8) is 0 Å². The van der Waals surface area contributed by atoms with E-state index >= 15 is 0 Å². The molecule has 0 fully saturated rings. The molecule has 5 heteroatoms. The van der Waals surface area contributed by atoms with Crippen molar-refractivity contribution in [2.45, 2.75) is 38.8 Å². The first-order valence-corrected chi connectivity index (χ1v) is 4.69. The third-order valence-corrected chi connectivity index (χ3v) is 1.49. The summed E-state index contributed by atoms with van der Waals surface area (Å²) in [5, 5.41) is 2.45. The van der Waals surface area contributed by atoms with Crippen molar-refractivity contribution >= 4 is 12.4 Å². The van der Waals surface area contributed by atoms with Crippen LogP contribution in [-0.4, -0.2) is 37.2 Å². The number of methoxy groups -OCH3 is 1. The molecule has 15 heavy (non-hydrogen) atoms. The van der Waals surface area contributed by atoms with Crippen molar-refractivity contribution in [1.29, 1.82) is 0 Å². The van der Waals surface area contributed by atoms with Gasteiger partial charge in [0, 0.05) is 7.11 Å². The average molecular weight is 217 g/mol. The normalized spacial score (nSPS) is 15.3. The van der Waals surface area contributed by atoms with Gasteiger partial charge in [0.05, 0.1) is 6.61 Å². The number of aldehydes is 1. The molecule has 0 aromatic rings. The molecule has 0 aliphatic rings. The lowest BCUT2D eigenvalue weighted by molar-refractivity contribution is -0.114. The molecule has 0 saturated carbocycles. The maximum atomic E-state index is 11.4. The first kappa shape index (κ1) is 13.9. The lowest BCUT2D eigenvalue weighted by Crippen LogP contribution is -2.52. The predicted octanol–water partition coefficient (Wildman–Crippen LogP) is 1.12. The molecule has 0 heterocycles. The SMILES string of the molecule is COCC(C)(C=O)NC(=O)OC(C)(C)C. The number of nitrogens with one attached hydrogen (secondary N) is 1. The maximum absolute atomic E-state index is 11.4. The van der Waals surface area contributed by atoms with Crippen LogP contribution in [0.2, 0.25) is 0 Å². The van der Waals surface area contributed by atoms with Crippen LogP contribution >= 0.6 is 0 Å². The Morgan fingerprint density at radius 1 is 1.33 bits per heavy atom. The van der Waals surface area contributed by atoms with Crippen LogP contribution in [0.25, 0.3) is 0 Å². The van der Waals surface area contributed by atoms with E-state index in [1.165, 1.54) is 7.11 Å². The van der Waals surface area contributed by atoms with Crippen molar-refractivity contribution in [3.8, 4) is 0 Å². The molecule has 88 valence electrons. The van der Waals surface area contributed by atoms with Gasteiger partial charge in [0.2, 0.25) is 0 Å².